The van der Waals surface area contributed by atoms with E-state index in [0.29, 0.717) is 13.0 Å². The molecule has 1 aliphatic heterocycles. The van der Waals surface area contributed by atoms with Crippen LogP contribution >= 0.6 is 0 Å². The number of nitrogens with zero attached hydrogens (tertiary/aromatic N) is 3. The Morgan fingerprint density at radius 1 is 1.14 bits per heavy atom. The Morgan fingerprint density at radius 3 is 2.32 bits per heavy atom. The molecular formula is C23H34N3O2+. The molecule has 1 heterocycles. The molecule has 28 heavy (non-hydrogen) atoms. The average molecular weight is 385 g/mol. The third-order valence-electron chi connectivity index (χ3n) is 5.71. The lowest BCUT2D eigenvalue weighted by molar-refractivity contribution is -0.870. The Balaban J connectivity index is 2.30. The maximum absolute atomic E-state index is 13.3. The van der Waals surface area contributed by atoms with Gasteiger partial charge in [-0.1, -0.05) is 37.3 Å². The number of imide groups is 1. The third kappa shape index (κ3) is 5.20. The number of hydrogen-bond donors (Lipinski definition) is 0. The van der Waals surface area contributed by atoms with Crippen molar-refractivity contribution in [2.24, 2.45) is 17.8 Å². The number of carbonyl (C=O) groups excluding carboxylic acids is 2. The lowest BCUT2D eigenvalue weighted by Gasteiger charge is -2.26. The molecule has 2 rings (SSSR count). The molecule has 2 amide bonds. The van der Waals surface area contributed by atoms with Crippen molar-refractivity contribution in [3.8, 4) is 6.07 Å². The largest absolute Gasteiger partial charge is 0.331 e. The summed E-state index contributed by atoms with van der Waals surface area (Å²) in [7, 11) is 6.32. The van der Waals surface area contributed by atoms with E-state index >= 15 is 0 Å². The molecule has 1 aliphatic rings. The first-order valence-electron chi connectivity index (χ1n) is 10.3. The summed E-state index contributed by atoms with van der Waals surface area (Å²) in [5.41, 5.74) is 1.10. The summed E-state index contributed by atoms with van der Waals surface area (Å²) >= 11 is 0. The third-order valence-corrected chi connectivity index (χ3v) is 5.71. The highest BCUT2D eigenvalue weighted by molar-refractivity contribution is 6.05. The van der Waals surface area contributed by atoms with Crippen molar-refractivity contribution >= 4 is 11.8 Å². The van der Waals surface area contributed by atoms with E-state index in [-0.39, 0.29) is 29.6 Å². The molecule has 1 fully saturated rings. The van der Waals surface area contributed by atoms with Gasteiger partial charge in [-0.2, -0.15) is 5.26 Å². The summed E-state index contributed by atoms with van der Waals surface area (Å²) in [5, 5.41) is 9.28. The molecule has 5 nitrogen and oxygen atoms in total. The number of hydrogen-bond acceptors (Lipinski definition) is 3. The van der Waals surface area contributed by atoms with E-state index in [1.165, 1.54) is 4.90 Å². The topological polar surface area (TPSA) is 61.2 Å². The van der Waals surface area contributed by atoms with Crippen LogP contribution in [0.1, 0.15) is 44.6 Å². The molecular weight excluding hydrogens is 350 g/mol. The molecule has 0 bridgehead atoms. The zero-order chi connectivity index (χ0) is 20.9. The fourth-order valence-electron chi connectivity index (χ4n) is 4.27. The SMILES string of the molecule is CCC(c1ccccc1)C1C(=O)N(CCC[N+](C)(C)C)C(=O)C1CC(C)C#N. The van der Waals surface area contributed by atoms with E-state index in [9.17, 15) is 14.9 Å². The van der Waals surface area contributed by atoms with Gasteiger partial charge in [-0.3, -0.25) is 14.5 Å². The van der Waals surface area contributed by atoms with Crippen LogP contribution in [0.15, 0.2) is 30.3 Å². The highest BCUT2D eigenvalue weighted by Gasteiger charge is 2.50. The second kappa shape index (κ2) is 9.34. The van der Waals surface area contributed by atoms with Crippen molar-refractivity contribution < 1.29 is 14.1 Å². The molecule has 0 aromatic heterocycles. The molecule has 1 saturated heterocycles. The number of amides is 2. The number of carbonyl (C=O) groups is 2. The lowest BCUT2D eigenvalue weighted by atomic mass is 9.75. The molecule has 4 atom stereocenters. The van der Waals surface area contributed by atoms with Crippen LogP contribution in [0.2, 0.25) is 0 Å². The van der Waals surface area contributed by atoms with E-state index < -0.39 is 5.92 Å². The zero-order valence-electron chi connectivity index (χ0n) is 17.9. The first kappa shape index (κ1) is 22.1. The standard InChI is InChI=1S/C23H34N3O2/c1-6-19(18-11-8-7-9-12-18)21-20(15-17(2)16-24)22(27)25(23(21)28)13-10-14-26(3,4)5/h7-9,11-12,17,19-21H,6,10,13-15H2,1-5H3/q+1. The minimum atomic E-state index is -0.406. The normalized spacial score (nSPS) is 22.2. The number of nitriles is 1. The highest BCUT2D eigenvalue weighted by Crippen LogP contribution is 2.42. The fraction of sp³-hybridized carbons (Fsp3) is 0.609. The van der Waals surface area contributed by atoms with Crippen LogP contribution in [-0.4, -0.2) is 55.4 Å². The summed E-state index contributed by atoms with van der Waals surface area (Å²) in [6, 6.07) is 12.2. The van der Waals surface area contributed by atoms with Crippen LogP contribution in [-0.2, 0) is 9.59 Å². The van der Waals surface area contributed by atoms with Gasteiger partial charge in [0.2, 0.25) is 11.8 Å². The Morgan fingerprint density at radius 2 is 1.79 bits per heavy atom. The molecule has 1 aromatic rings. The molecule has 152 valence electrons. The highest BCUT2D eigenvalue weighted by atomic mass is 16.2. The summed E-state index contributed by atoms with van der Waals surface area (Å²) in [4.78, 5) is 28.0. The summed E-state index contributed by atoms with van der Waals surface area (Å²) in [5.74, 6) is -1.18. The van der Waals surface area contributed by atoms with E-state index in [1.807, 2.05) is 37.3 Å². The molecule has 0 spiro atoms. The quantitative estimate of drug-likeness (QED) is 0.484. The van der Waals surface area contributed by atoms with Crippen LogP contribution in [0, 0.1) is 29.1 Å². The smallest absolute Gasteiger partial charge is 0.233 e. The van der Waals surface area contributed by atoms with Crippen LogP contribution in [0.3, 0.4) is 0 Å². The zero-order valence-corrected chi connectivity index (χ0v) is 17.9. The minimum Gasteiger partial charge on any atom is -0.331 e. The number of rotatable bonds is 9. The molecule has 0 saturated carbocycles. The van der Waals surface area contributed by atoms with Crippen LogP contribution in [0.4, 0.5) is 0 Å². The minimum absolute atomic E-state index is 0.00283. The van der Waals surface area contributed by atoms with Crippen LogP contribution in [0.5, 0.6) is 0 Å². The Kier molecular flexibility index (Phi) is 7.37. The summed E-state index contributed by atoms with van der Waals surface area (Å²) in [6.07, 6.45) is 2.02. The molecule has 5 heteroatoms. The molecule has 4 unspecified atom stereocenters. The Bertz CT molecular complexity index is 718. The first-order valence-corrected chi connectivity index (χ1v) is 10.3. The maximum atomic E-state index is 13.3. The molecule has 1 aromatic carbocycles. The fourth-order valence-corrected chi connectivity index (χ4v) is 4.27. The van der Waals surface area contributed by atoms with Gasteiger partial charge in [-0.25, -0.2) is 0 Å². The van der Waals surface area contributed by atoms with Gasteiger partial charge in [-0.05, 0) is 31.2 Å². The summed E-state index contributed by atoms with van der Waals surface area (Å²) in [6.45, 7) is 5.27. The van der Waals surface area contributed by atoms with Crippen molar-refractivity contribution in [3.63, 3.8) is 0 Å². The summed E-state index contributed by atoms with van der Waals surface area (Å²) < 4.78 is 0.802. The van der Waals surface area contributed by atoms with Gasteiger partial charge in [-0.15, -0.1) is 0 Å². The molecule has 0 aliphatic carbocycles. The van der Waals surface area contributed by atoms with Gasteiger partial charge in [0.25, 0.3) is 0 Å². The second-order valence-corrected chi connectivity index (χ2v) is 9.02. The first-order chi connectivity index (χ1) is 13.2. The predicted octanol–water partition coefficient (Wildman–Crippen LogP) is 3.43. The van der Waals surface area contributed by atoms with Crippen molar-refractivity contribution in [1.82, 2.24) is 4.90 Å². The van der Waals surface area contributed by atoms with Gasteiger partial charge in [0, 0.05) is 18.9 Å². The van der Waals surface area contributed by atoms with E-state index in [0.717, 1.165) is 29.4 Å². The van der Waals surface area contributed by atoms with Gasteiger partial charge >= 0.3 is 0 Å². The number of benzene rings is 1. The van der Waals surface area contributed by atoms with Crippen molar-refractivity contribution in [2.45, 2.75) is 39.0 Å². The van der Waals surface area contributed by atoms with Crippen LogP contribution < -0.4 is 0 Å². The molecule has 0 N–H and O–H groups in total. The lowest BCUT2D eigenvalue weighted by Crippen LogP contribution is -2.39. The second-order valence-electron chi connectivity index (χ2n) is 9.02. The predicted molar refractivity (Wildman–Crippen MR) is 110 cm³/mol. The molecule has 0 radical (unpaired) electrons. The van der Waals surface area contributed by atoms with Gasteiger partial charge in [0.1, 0.15) is 0 Å². The van der Waals surface area contributed by atoms with E-state index in [2.05, 4.69) is 34.1 Å². The van der Waals surface area contributed by atoms with Crippen molar-refractivity contribution in [3.05, 3.63) is 35.9 Å². The van der Waals surface area contributed by atoms with Crippen molar-refractivity contribution in [1.29, 1.82) is 5.26 Å². The average Bonchev–Trinajstić information content (AvgIpc) is 2.87. The number of quaternary nitrogens is 1. The van der Waals surface area contributed by atoms with Gasteiger partial charge in [0.15, 0.2) is 0 Å². The van der Waals surface area contributed by atoms with E-state index in [1.54, 1.807) is 0 Å². The monoisotopic (exact) mass is 384 g/mol. The van der Waals surface area contributed by atoms with Crippen LogP contribution in [0.25, 0.3) is 0 Å². The van der Waals surface area contributed by atoms with E-state index in [4.69, 9.17) is 0 Å². The Hall–Kier alpha value is -2.19. The Labute approximate surface area is 169 Å². The maximum Gasteiger partial charge on any atom is 0.233 e. The van der Waals surface area contributed by atoms with Gasteiger partial charge in [0.05, 0.1) is 45.6 Å². The number of likely N-dealkylation sites (tertiary alicyclic amines) is 1. The van der Waals surface area contributed by atoms with Gasteiger partial charge < -0.3 is 4.48 Å². The van der Waals surface area contributed by atoms with Crippen molar-refractivity contribution in [2.75, 3.05) is 34.2 Å².